The van der Waals surface area contributed by atoms with Crippen LogP contribution in [0.5, 0.6) is 0 Å². The third-order valence-corrected chi connectivity index (χ3v) is 4.94. The van der Waals surface area contributed by atoms with Crippen molar-refractivity contribution in [1.82, 2.24) is 14.9 Å². The van der Waals surface area contributed by atoms with Crippen LogP contribution in [0, 0.1) is 11.6 Å². The molecule has 1 amide bonds. The number of nitrogens with one attached hydrogen (secondary N) is 1. The van der Waals surface area contributed by atoms with Crippen molar-refractivity contribution in [2.45, 2.75) is 25.9 Å². The van der Waals surface area contributed by atoms with Gasteiger partial charge in [0.2, 0.25) is 15.9 Å². The van der Waals surface area contributed by atoms with Crippen LogP contribution in [0.1, 0.15) is 13.3 Å². The second-order valence-corrected chi connectivity index (χ2v) is 7.64. The normalized spacial score (nSPS) is 12.6. The Labute approximate surface area is 150 Å². The number of sulfonamides is 1. The molecule has 142 valence electrons. The number of anilines is 1. The van der Waals surface area contributed by atoms with Gasteiger partial charge in [0, 0.05) is 31.5 Å². The van der Waals surface area contributed by atoms with E-state index in [0.717, 1.165) is 28.8 Å². The molecule has 1 N–H and O–H groups in total. The Bertz CT molecular complexity index is 856. The molecule has 0 fully saturated rings. The van der Waals surface area contributed by atoms with Crippen molar-refractivity contribution < 1.29 is 22.0 Å². The van der Waals surface area contributed by atoms with E-state index in [4.69, 9.17) is 0 Å². The number of halogens is 2. The number of aryl methyl sites for hydroxylation is 1. The van der Waals surface area contributed by atoms with Crippen LogP contribution < -0.4 is 9.62 Å². The zero-order chi connectivity index (χ0) is 19.3. The van der Waals surface area contributed by atoms with E-state index >= 15 is 0 Å². The predicted octanol–water partition coefficient (Wildman–Crippen LogP) is 1.52. The first kappa shape index (κ1) is 19.8. The lowest BCUT2D eigenvalue weighted by Crippen LogP contribution is -2.48. The number of nitrogens with zero attached hydrogens (tertiary/aromatic N) is 3. The van der Waals surface area contributed by atoms with Crippen LogP contribution in [0.15, 0.2) is 36.9 Å². The molecule has 0 saturated carbocycles. The highest BCUT2D eigenvalue weighted by Gasteiger charge is 2.29. The Morgan fingerprint density at radius 2 is 2.08 bits per heavy atom. The Hall–Kier alpha value is -2.49. The second-order valence-electron chi connectivity index (χ2n) is 5.78. The first-order valence-corrected chi connectivity index (χ1v) is 9.73. The van der Waals surface area contributed by atoms with Crippen LogP contribution >= 0.6 is 0 Å². The molecule has 0 spiro atoms. The van der Waals surface area contributed by atoms with Gasteiger partial charge in [-0.25, -0.2) is 22.2 Å². The Morgan fingerprint density at radius 3 is 2.65 bits per heavy atom. The average molecular weight is 386 g/mol. The Balaban J connectivity index is 2.04. The summed E-state index contributed by atoms with van der Waals surface area (Å²) in [6.07, 6.45) is 6.61. The summed E-state index contributed by atoms with van der Waals surface area (Å²) in [5.74, 6) is -2.83. The van der Waals surface area contributed by atoms with Crippen molar-refractivity contribution in [1.29, 1.82) is 0 Å². The minimum absolute atomic E-state index is 0.118. The van der Waals surface area contributed by atoms with Gasteiger partial charge in [-0.3, -0.25) is 9.10 Å². The molecule has 0 aliphatic heterocycles. The van der Waals surface area contributed by atoms with Crippen molar-refractivity contribution in [2.24, 2.45) is 0 Å². The zero-order valence-corrected chi connectivity index (χ0v) is 15.2. The molecular formula is C16H20F2N4O3S. The van der Waals surface area contributed by atoms with Crippen LogP contribution in [-0.4, -0.2) is 42.7 Å². The topological polar surface area (TPSA) is 84.3 Å². The van der Waals surface area contributed by atoms with Crippen LogP contribution in [0.2, 0.25) is 0 Å². The van der Waals surface area contributed by atoms with Crippen LogP contribution in [0.3, 0.4) is 0 Å². The van der Waals surface area contributed by atoms with Gasteiger partial charge < -0.3 is 9.88 Å². The van der Waals surface area contributed by atoms with Gasteiger partial charge >= 0.3 is 0 Å². The summed E-state index contributed by atoms with van der Waals surface area (Å²) in [6, 6.07) is 1.56. The van der Waals surface area contributed by atoms with Gasteiger partial charge in [-0.2, -0.15) is 0 Å². The molecule has 0 saturated heterocycles. The molecule has 26 heavy (non-hydrogen) atoms. The lowest BCUT2D eigenvalue weighted by atomic mass is 10.2. The van der Waals surface area contributed by atoms with Gasteiger partial charge in [0.15, 0.2) is 11.6 Å². The number of rotatable bonds is 8. The SMILES string of the molecule is C[C@@H](C(=O)NCCCn1ccnc1)N(c1ccc(F)c(F)c1)S(C)(=O)=O. The van der Waals surface area contributed by atoms with Crippen molar-refractivity contribution >= 4 is 21.6 Å². The highest BCUT2D eigenvalue weighted by atomic mass is 32.2. The molecule has 7 nitrogen and oxygen atoms in total. The van der Waals surface area contributed by atoms with E-state index in [2.05, 4.69) is 10.3 Å². The standard InChI is InChI=1S/C16H20F2N4O3S/c1-12(16(23)20-6-3-8-21-9-7-19-11-21)22(26(2,24)25)13-4-5-14(17)15(18)10-13/h4-5,7,9-12H,3,6,8H2,1-2H3,(H,20,23)/t12-/m0/s1. The maximum atomic E-state index is 13.5. The molecule has 0 unspecified atom stereocenters. The molecule has 0 aliphatic carbocycles. The summed E-state index contributed by atoms with van der Waals surface area (Å²) in [5, 5.41) is 2.65. The molecule has 2 aromatic rings. The van der Waals surface area contributed by atoms with E-state index in [1.54, 1.807) is 18.7 Å². The number of hydrogen-bond donors (Lipinski definition) is 1. The molecule has 0 bridgehead atoms. The lowest BCUT2D eigenvalue weighted by molar-refractivity contribution is -0.121. The monoisotopic (exact) mass is 386 g/mol. The molecule has 0 aliphatic rings. The molecule has 1 heterocycles. The highest BCUT2D eigenvalue weighted by Crippen LogP contribution is 2.23. The fraction of sp³-hybridized carbons (Fsp3) is 0.375. The quantitative estimate of drug-likeness (QED) is 0.698. The minimum atomic E-state index is -3.89. The van der Waals surface area contributed by atoms with Gasteiger partial charge in [0.05, 0.1) is 18.3 Å². The van der Waals surface area contributed by atoms with Crippen LogP contribution in [-0.2, 0) is 21.4 Å². The van der Waals surface area contributed by atoms with E-state index in [1.807, 2.05) is 4.57 Å². The largest absolute Gasteiger partial charge is 0.354 e. The predicted molar refractivity (Wildman–Crippen MR) is 93.0 cm³/mol. The summed E-state index contributed by atoms with van der Waals surface area (Å²) in [7, 11) is -3.89. The maximum Gasteiger partial charge on any atom is 0.243 e. The van der Waals surface area contributed by atoms with Crippen molar-refractivity contribution in [2.75, 3.05) is 17.1 Å². The van der Waals surface area contributed by atoms with Gasteiger partial charge in [0.1, 0.15) is 6.04 Å². The second kappa shape index (κ2) is 8.26. The third-order valence-electron chi connectivity index (χ3n) is 3.70. The maximum absolute atomic E-state index is 13.5. The Morgan fingerprint density at radius 1 is 1.35 bits per heavy atom. The summed E-state index contributed by atoms with van der Waals surface area (Å²) in [6.45, 7) is 2.36. The van der Waals surface area contributed by atoms with Crippen molar-refractivity contribution in [3.8, 4) is 0 Å². The molecular weight excluding hydrogens is 366 g/mol. The number of benzene rings is 1. The minimum Gasteiger partial charge on any atom is -0.354 e. The number of imidazole rings is 1. The summed E-state index contributed by atoms with van der Waals surface area (Å²) in [5.41, 5.74) is -0.118. The highest BCUT2D eigenvalue weighted by molar-refractivity contribution is 7.92. The number of carbonyl (C=O) groups excluding carboxylic acids is 1. The summed E-state index contributed by atoms with van der Waals surface area (Å²) in [4.78, 5) is 16.2. The van der Waals surface area contributed by atoms with E-state index in [1.165, 1.54) is 6.92 Å². The fourth-order valence-corrected chi connectivity index (χ4v) is 3.64. The molecule has 2 rings (SSSR count). The number of carbonyl (C=O) groups is 1. The molecule has 10 heteroatoms. The van der Waals surface area contributed by atoms with E-state index in [-0.39, 0.29) is 5.69 Å². The van der Waals surface area contributed by atoms with Gasteiger partial charge in [-0.05, 0) is 25.5 Å². The number of aromatic nitrogens is 2. The smallest absolute Gasteiger partial charge is 0.243 e. The van der Waals surface area contributed by atoms with E-state index < -0.39 is 33.6 Å². The van der Waals surface area contributed by atoms with Gasteiger partial charge in [-0.15, -0.1) is 0 Å². The molecule has 1 atom stereocenters. The average Bonchev–Trinajstić information content (AvgIpc) is 3.07. The molecule has 0 radical (unpaired) electrons. The lowest BCUT2D eigenvalue weighted by Gasteiger charge is -2.28. The number of hydrogen-bond acceptors (Lipinski definition) is 4. The van der Waals surface area contributed by atoms with E-state index in [9.17, 15) is 22.0 Å². The van der Waals surface area contributed by atoms with Gasteiger partial charge in [-0.1, -0.05) is 0 Å². The first-order valence-electron chi connectivity index (χ1n) is 7.88. The zero-order valence-electron chi connectivity index (χ0n) is 14.4. The van der Waals surface area contributed by atoms with Crippen LogP contribution in [0.25, 0.3) is 0 Å². The molecule has 1 aromatic carbocycles. The molecule has 1 aromatic heterocycles. The fourth-order valence-electron chi connectivity index (χ4n) is 2.47. The van der Waals surface area contributed by atoms with Crippen molar-refractivity contribution in [3.05, 3.63) is 48.6 Å². The Kier molecular flexibility index (Phi) is 6.30. The summed E-state index contributed by atoms with van der Waals surface area (Å²) < 4.78 is 53.4. The first-order chi connectivity index (χ1) is 12.2. The van der Waals surface area contributed by atoms with Crippen molar-refractivity contribution in [3.63, 3.8) is 0 Å². The third kappa shape index (κ3) is 5.01. The number of amides is 1. The van der Waals surface area contributed by atoms with E-state index in [0.29, 0.717) is 19.5 Å². The summed E-state index contributed by atoms with van der Waals surface area (Å²) >= 11 is 0. The van der Waals surface area contributed by atoms with Crippen LogP contribution in [0.4, 0.5) is 14.5 Å². The van der Waals surface area contributed by atoms with Gasteiger partial charge in [0.25, 0.3) is 0 Å².